The van der Waals surface area contributed by atoms with Crippen molar-refractivity contribution >= 4 is 0 Å². The molecule has 0 N–H and O–H groups in total. The maximum Gasteiger partial charge on any atom is 0.389 e. The molecular formula is C10H16F6. The van der Waals surface area contributed by atoms with E-state index in [1.165, 1.54) is 0 Å². The Morgan fingerprint density at radius 1 is 0.750 bits per heavy atom. The monoisotopic (exact) mass is 250 g/mol. The first-order valence-electron chi connectivity index (χ1n) is 5.15. The van der Waals surface area contributed by atoms with E-state index in [0.29, 0.717) is 0 Å². The lowest BCUT2D eigenvalue weighted by molar-refractivity contribution is -0.144. The highest BCUT2D eigenvalue weighted by Gasteiger charge is 2.32. The summed E-state index contributed by atoms with van der Waals surface area (Å²) in [7, 11) is 0. The molecule has 0 aromatic rings. The van der Waals surface area contributed by atoms with Crippen molar-refractivity contribution in [3.05, 3.63) is 0 Å². The van der Waals surface area contributed by atoms with Crippen LogP contribution >= 0.6 is 0 Å². The summed E-state index contributed by atoms with van der Waals surface area (Å²) in [6.07, 6.45) is -11.0. The lowest BCUT2D eigenvalue weighted by atomic mass is 9.87. The zero-order valence-corrected chi connectivity index (χ0v) is 9.25. The standard InChI is InChI=1S/C10H16F6/c1-7(2)8(3-5-9(11,12)13)4-6-10(14,15)16/h7-8H,3-6H2,1-2H3. The molecule has 0 atom stereocenters. The zero-order chi connectivity index (χ0) is 13.0. The van der Waals surface area contributed by atoms with Crippen LogP contribution in [0.3, 0.4) is 0 Å². The normalized spacial score (nSPS) is 13.9. The maximum absolute atomic E-state index is 11.9. The fraction of sp³-hybridized carbons (Fsp3) is 1.00. The zero-order valence-electron chi connectivity index (χ0n) is 9.25. The first-order chi connectivity index (χ1) is 7.01. The number of hydrogen-bond acceptors (Lipinski definition) is 0. The van der Waals surface area contributed by atoms with Gasteiger partial charge >= 0.3 is 12.4 Å². The molecule has 98 valence electrons. The molecule has 0 saturated heterocycles. The first-order valence-corrected chi connectivity index (χ1v) is 5.15. The number of rotatable bonds is 5. The molecule has 0 spiro atoms. The van der Waals surface area contributed by atoms with Crippen molar-refractivity contribution in [2.45, 2.75) is 51.9 Å². The Morgan fingerprint density at radius 3 is 1.25 bits per heavy atom. The van der Waals surface area contributed by atoms with Crippen molar-refractivity contribution < 1.29 is 26.3 Å². The second-order valence-corrected chi connectivity index (χ2v) is 4.31. The summed E-state index contributed by atoms with van der Waals surface area (Å²) in [5, 5.41) is 0. The minimum atomic E-state index is -4.29. The van der Waals surface area contributed by atoms with Gasteiger partial charge in [-0.3, -0.25) is 0 Å². The van der Waals surface area contributed by atoms with Crippen LogP contribution in [-0.2, 0) is 0 Å². The molecule has 0 rings (SSSR count). The molecule has 0 amide bonds. The second kappa shape index (κ2) is 5.77. The van der Waals surface area contributed by atoms with Crippen LogP contribution in [0, 0.1) is 11.8 Å². The Hall–Kier alpha value is -0.420. The van der Waals surface area contributed by atoms with E-state index in [0.717, 1.165) is 0 Å². The minimum absolute atomic E-state index is 0.162. The van der Waals surface area contributed by atoms with E-state index < -0.39 is 31.1 Å². The van der Waals surface area contributed by atoms with Crippen LogP contribution in [0.2, 0.25) is 0 Å². The smallest absolute Gasteiger partial charge is 0.171 e. The minimum Gasteiger partial charge on any atom is -0.171 e. The van der Waals surface area contributed by atoms with Crippen molar-refractivity contribution in [2.75, 3.05) is 0 Å². The van der Waals surface area contributed by atoms with Crippen LogP contribution in [0.1, 0.15) is 39.5 Å². The van der Waals surface area contributed by atoms with Gasteiger partial charge in [0.25, 0.3) is 0 Å². The number of hydrogen-bond donors (Lipinski definition) is 0. The van der Waals surface area contributed by atoms with Crippen molar-refractivity contribution in [3.63, 3.8) is 0 Å². The van der Waals surface area contributed by atoms with Crippen LogP contribution in [0.25, 0.3) is 0 Å². The van der Waals surface area contributed by atoms with Gasteiger partial charge in [0.1, 0.15) is 0 Å². The molecule has 6 heteroatoms. The van der Waals surface area contributed by atoms with E-state index in [2.05, 4.69) is 0 Å². The number of halogens is 6. The highest BCUT2D eigenvalue weighted by Crippen LogP contribution is 2.32. The van der Waals surface area contributed by atoms with E-state index in [-0.39, 0.29) is 18.8 Å². The predicted octanol–water partition coefficient (Wildman–Crippen LogP) is 4.94. The average molecular weight is 250 g/mol. The van der Waals surface area contributed by atoms with Crippen molar-refractivity contribution in [1.82, 2.24) is 0 Å². The van der Waals surface area contributed by atoms with Crippen LogP contribution in [0.4, 0.5) is 26.3 Å². The van der Waals surface area contributed by atoms with Gasteiger partial charge in [-0.05, 0) is 24.7 Å². The molecule has 0 aromatic carbocycles. The van der Waals surface area contributed by atoms with Gasteiger partial charge in [-0.1, -0.05) is 13.8 Å². The second-order valence-electron chi connectivity index (χ2n) is 4.31. The van der Waals surface area contributed by atoms with Gasteiger partial charge in [-0.25, -0.2) is 0 Å². The molecule has 0 unspecified atom stereocenters. The third-order valence-corrected chi connectivity index (χ3v) is 2.54. The Morgan fingerprint density at radius 2 is 1.06 bits per heavy atom. The lowest BCUT2D eigenvalue weighted by Crippen LogP contribution is -2.18. The molecule has 0 bridgehead atoms. The fourth-order valence-corrected chi connectivity index (χ4v) is 1.51. The molecule has 0 nitrogen and oxygen atoms in total. The van der Waals surface area contributed by atoms with Gasteiger partial charge in [0.05, 0.1) is 0 Å². The Balaban J connectivity index is 4.09. The van der Waals surface area contributed by atoms with E-state index in [4.69, 9.17) is 0 Å². The highest BCUT2D eigenvalue weighted by atomic mass is 19.4. The van der Waals surface area contributed by atoms with E-state index in [1.54, 1.807) is 13.8 Å². The summed E-state index contributed by atoms with van der Waals surface area (Å²) in [5.74, 6) is -0.687. The Labute approximate surface area is 91.0 Å². The topological polar surface area (TPSA) is 0 Å². The third-order valence-electron chi connectivity index (χ3n) is 2.54. The lowest BCUT2D eigenvalue weighted by Gasteiger charge is -2.22. The van der Waals surface area contributed by atoms with Crippen molar-refractivity contribution in [3.8, 4) is 0 Å². The van der Waals surface area contributed by atoms with E-state index in [1.807, 2.05) is 0 Å². The van der Waals surface area contributed by atoms with Gasteiger partial charge in [0, 0.05) is 12.8 Å². The summed E-state index contributed by atoms with van der Waals surface area (Å²) in [6, 6.07) is 0. The molecule has 0 aromatic heterocycles. The molecule has 0 aliphatic heterocycles. The van der Waals surface area contributed by atoms with Gasteiger partial charge in [0.15, 0.2) is 0 Å². The van der Waals surface area contributed by atoms with Crippen molar-refractivity contribution in [1.29, 1.82) is 0 Å². The molecule has 0 saturated carbocycles. The van der Waals surface area contributed by atoms with Crippen molar-refractivity contribution in [2.24, 2.45) is 11.8 Å². The molecule has 0 heterocycles. The van der Waals surface area contributed by atoms with Gasteiger partial charge in [-0.15, -0.1) is 0 Å². The van der Waals surface area contributed by atoms with Crippen LogP contribution < -0.4 is 0 Å². The fourth-order valence-electron chi connectivity index (χ4n) is 1.51. The van der Waals surface area contributed by atoms with E-state index >= 15 is 0 Å². The first kappa shape index (κ1) is 15.6. The summed E-state index contributed by atoms with van der Waals surface area (Å²) < 4.78 is 71.6. The average Bonchev–Trinajstić information content (AvgIpc) is 1.98. The van der Waals surface area contributed by atoms with Crippen LogP contribution in [0.5, 0.6) is 0 Å². The maximum atomic E-state index is 11.9. The summed E-state index contributed by atoms with van der Waals surface area (Å²) >= 11 is 0. The quantitative estimate of drug-likeness (QED) is 0.606. The van der Waals surface area contributed by atoms with Gasteiger partial charge in [0.2, 0.25) is 0 Å². The summed E-state index contributed by atoms with van der Waals surface area (Å²) in [5.41, 5.74) is 0. The van der Waals surface area contributed by atoms with Gasteiger partial charge < -0.3 is 0 Å². The predicted molar refractivity (Wildman–Crippen MR) is 48.9 cm³/mol. The highest BCUT2D eigenvalue weighted by molar-refractivity contribution is 4.67. The summed E-state index contributed by atoms with van der Waals surface area (Å²) in [6.45, 7) is 3.30. The Bertz CT molecular complexity index is 172. The largest absolute Gasteiger partial charge is 0.389 e. The van der Waals surface area contributed by atoms with E-state index in [9.17, 15) is 26.3 Å². The number of alkyl halides is 6. The SMILES string of the molecule is CC(C)C(CCC(F)(F)F)CCC(F)(F)F. The summed E-state index contributed by atoms with van der Waals surface area (Å²) in [4.78, 5) is 0. The molecule has 0 aliphatic carbocycles. The third kappa shape index (κ3) is 8.85. The molecule has 16 heavy (non-hydrogen) atoms. The van der Waals surface area contributed by atoms with Gasteiger partial charge in [-0.2, -0.15) is 26.3 Å². The molecule has 0 radical (unpaired) electrons. The van der Waals surface area contributed by atoms with Crippen LogP contribution in [-0.4, -0.2) is 12.4 Å². The molecule has 0 aliphatic rings. The Kier molecular flexibility index (Phi) is 5.62. The van der Waals surface area contributed by atoms with Crippen LogP contribution in [0.15, 0.2) is 0 Å². The molecule has 0 fully saturated rings. The molecular weight excluding hydrogens is 234 g/mol.